The molecule has 0 aliphatic heterocycles. The molecule has 0 aliphatic carbocycles. The van der Waals surface area contributed by atoms with Crippen LogP contribution in [0.4, 0.5) is 10.1 Å². The van der Waals surface area contributed by atoms with E-state index in [0.29, 0.717) is 6.07 Å². The highest BCUT2D eigenvalue weighted by atomic mass is 19.1. The van der Waals surface area contributed by atoms with Gasteiger partial charge in [0.15, 0.2) is 0 Å². The van der Waals surface area contributed by atoms with Gasteiger partial charge in [-0.25, -0.2) is 9.18 Å². The van der Waals surface area contributed by atoms with Crippen molar-refractivity contribution in [1.82, 2.24) is 5.32 Å². The van der Waals surface area contributed by atoms with Gasteiger partial charge in [-0.3, -0.25) is 14.9 Å². The van der Waals surface area contributed by atoms with Gasteiger partial charge in [-0.1, -0.05) is 6.08 Å². The fraction of sp³-hybridized carbons (Fsp3) is 0.167. The first-order valence-corrected chi connectivity index (χ1v) is 5.45. The maximum Gasteiger partial charge on any atom is 0.326 e. The molecule has 2 N–H and O–H groups in total. The molecule has 20 heavy (non-hydrogen) atoms. The van der Waals surface area contributed by atoms with Gasteiger partial charge in [0.25, 0.3) is 11.6 Å². The number of aliphatic carboxylic acids is 1. The minimum Gasteiger partial charge on any atom is -0.480 e. The number of halogens is 1. The number of nitrogens with zero attached hydrogens (tertiary/aromatic N) is 1. The molecule has 0 aromatic heterocycles. The van der Waals surface area contributed by atoms with Crippen molar-refractivity contribution in [1.29, 1.82) is 0 Å². The van der Waals surface area contributed by atoms with Crippen molar-refractivity contribution >= 4 is 17.6 Å². The number of carboxylic acid groups (broad SMARTS) is 1. The first kappa shape index (κ1) is 15.3. The molecule has 0 spiro atoms. The second-order valence-electron chi connectivity index (χ2n) is 3.81. The monoisotopic (exact) mass is 282 g/mol. The lowest BCUT2D eigenvalue weighted by Gasteiger charge is -2.12. The van der Waals surface area contributed by atoms with Gasteiger partial charge in [0.1, 0.15) is 11.9 Å². The molecule has 0 bridgehead atoms. The van der Waals surface area contributed by atoms with E-state index < -0.39 is 39.9 Å². The summed E-state index contributed by atoms with van der Waals surface area (Å²) in [5.74, 6) is -3.35. The van der Waals surface area contributed by atoms with E-state index in [1.165, 1.54) is 6.08 Å². The van der Waals surface area contributed by atoms with Crippen molar-refractivity contribution < 1.29 is 24.0 Å². The number of rotatable bonds is 6. The number of carbonyl (C=O) groups is 2. The van der Waals surface area contributed by atoms with Crippen LogP contribution in [-0.2, 0) is 4.79 Å². The number of carboxylic acids is 1. The van der Waals surface area contributed by atoms with E-state index in [-0.39, 0.29) is 6.42 Å². The van der Waals surface area contributed by atoms with E-state index in [9.17, 15) is 24.1 Å². The normalized spacial score (nSPS) is 11.4. The van der Waals surface area contributed by atoms with Crippen LogP contribution in [-0.4, -0.2) is 27.9 Å². The lowest BCUT2D eigenvalue weighted by Crippen LogP contribution is -2.40. The smallest absolute Gasteiger partial charge is 0.326 e. The van der Waals surface area contributed by atoms with Crippen LogP contribution in [0.15, 0.2) is 30.9 Å². The summed E-state index contributed by atoms with van der Waals surface area (Å²) in [6.45, 7) is 3.35. The van der Waals surface area contributed by atoms with Crippen LogP contribution in [0.25, 0.3) is 0 Å². The second-order valence-corrected chi connectivity index (χ2v) is 3.81. The van der Waals surface area contributed by atoms with E-state index in [4.69, 9.17) is 5.11 Å². The van der Waals surface area contributed by atoms with Crippen molar-refractivity contribution in [3.05, 3.63) is 52.3 Å². The van der Waals surface area contributed by atoms with Crippen molar-refractivity contribution in [2.24, 2.45) is 0 Å². The van der Waals surface area contributed by atoms with Gasteiger partial charge in [-0.15, -0.1) is 6.58 Å². The quantitative estimate of drug-likeness (QED) is 0.466. The highest BCUT2D eigenvalue weighted by Gasteiger charge is 2.22. The summed E-state index contributed by atoms with van der Waals surface area (Å²) in [6.07, 6.45) is 1.26. The lowest BCUT2D eigenvalue weighted by molar-refractivity contribution is -0.385. The first-order chi connectivity index (χ1) is 9.36. The number of nitro benzene ring substituents is 1. The van der Waals surface area contributed by atoms with E-state index in [1.807, 2.05) is 0 Å². The molecule has 7 nitrogen and oxygen atoms in total. The molecular formula is C12H11FN2O5. The van der Waals surface area contributed by atoms with Gasteiger partial charge >= 0.3 is 5.97 Å². The molecule has 106 valence electrons. The van der Waals surface area contributed by atoms with Gasteiger partial charge in [-0.2, -0.15) is 0 Å². The van der Waals surface area contributed by atoms with Crippen LogP contribution >= 0.6 is 0 Å². The van der Waals surface area contributed by atoms with Gasteiger partial charge in [0.2, 0.25) is 0 Å². The topological polar surface area (TPSA) is 110 Å². The van der Waals surface area contributed by atoms with Crippen LogP contribution < -0.4 is 5.32 Å². The average Bonchev–Trinajstić information content (AvgIpc) is 2.37. The average molecular weight is 282 g/mol. The zero-order valence-electron chi connectivity index (χ0n) is 10.2. The molecule has 1 atom stereocenters. The Hall–Kier alpha value is -2.77. The zero-order valence-corrected chi connectivity index (χ0v) is 10.2. The number of nitro groups is 1. The molecule has 1 amide bonds. The summed E-state index contributed by atoms with van der Waals surface area (Å²) < 4.78 is 13.6. The predicted molar refractivity (Wildman–Crippen MR) is 66.8 cm³/mol. The molecule has 1 rings (SSSR count). The summed E-state index contributed by atoms with van der Waals surface area (Å²) in [5.41, 5.74) is -0.967. The fourth-order valence-corrected chi connectivity index (χ4v) is 1.43. The lowest BCUT2D eigenvalue weighted by atomic mass is 10.1. The van der Waals surface area contributed by atoms with Crippen molar-refractivity contribution in [2.45, 2.75) is 12.5 Å². The molecule has 1 aromatic rings. The maximum atomic E-state index is 13.6. The number of benzene rings is 1. The number of nitrogens with one attached hydrogen (secondary N) is 1. The number of non-ortho nitro benzene ring substituents is 1. The van der Waals surface area contributed by atoms with Gasteiger partial charge in [-0.05, 0) is 12.5 Å². The van der Waals surface area contributed by atoms with Crippen molar-refractivity contribution in [3.63, 3.8) is 0 Å². The Morgan fingerprint density at radius 3 is 2.65 bits per heavy atom. The Morgan fingerprint density at radius 2 is 2.20 bits per heavy atom. The summed E-state index contributed by atoms with van der Waals surface area (Å²) in [4.78, 5) is 32.2. The molecule has 0 radical (unpaired) electrons. The molecule has 0 saturated heterocycles. The Bertz CT molecular complexity index is 573. The molecule has 0 fully saturated rings. The van der Waals surface area contributed by atoms with E-state index in [1.54, 1.807) is 0 Å². The molecule has 1 aromatic carbocycles. The predicted octanol–water partition coefficient (Wildman–Crippen LogP) is 1.49. The van der Waals surface area contributed by atoms with Crippen molar-refractivity contribution in [2.75, 3.05) is 0 Å². The largest absolute Gasteiger partial charge is 0.480 e. The Kier molecular flexibility index (Phi) is 4.90. The molecule has 0 aliphatic rings. The molecule has 0 saturated carbocycles. The van der Waals surface area contributed by atoms with Gasteiger partial charge in [0.05, 0.1) is 16.6 Å². The van der Waals surface area contributed by atoms with Gasteiger partial charge in [0, 0.05) is 6.07 Å². The zero-order chi connectivity index (χ0) is 15.3. The maximum absolute atomic E-state index is 13.6. The fourth-order valence-electron chi connectivity index (χ4n) is 1.43. The second kappa shape index (κ2) is 6.41. The Labute approximate surface area is 112 Å². The third-order valence-corrected chi connectivity index (χ3v) is 2.41. The van der Waals surface area contributed by atoms with Crippen LogP contribution in [0, 0.1) is 15.9 Å². The third kappa shape index (κ3) is 3.61. The number of amides is 1. The first-order valence-electron chi connectivity index (χ1n) is 5.45. The van der Waals surface area contributed by atoms with E-state index >= 15 is 0 Å². The minimum absolute atomic E-state index is 0.0321. The third-order valence-electron chi connectivity index (χ3n) is 2.41. The van der Waals surface area contributed by atoms with Crippen LogP contribution in [0.3, 0.4) is 0 Å². The highest BCUT2D eigenvalue weighted by Crippen LogP contribution is 2.16. The number of hydrogen-bond donors (Lipinski definition) is 2. The standard InChI is InChI=1S/C12H11FN2O5/c1-2-3-10(12(17)18)14-11(16)8-5-4-7(15(19)20)6-9(8)13/h2,4-6,10H,1,3H2,(H,14,16)(H,17,18). The summed E-state index contributed by atoms with van der Waals surface area (Å²) in [7, 11) is 0. The summed E-state index contributed by atoms with van der Waals surface area (Å²) in [6, 6.07) is 1.24. The van der Waals surface area contributed by atoms with E-state index in [0.717, 1.165) is 12.1 Å². The highest BCUT2D eigenvalue weighted by molar-refractivity contribution is 5.97. The molecule has 8 heteroatoms. The summed E-state index contributed by atoms with van der Waals surface area (Å²) >= 11 is 0. The SMILES string of the molecule is C=CCC(NC(=O)c1ccc([N+](=O)[O-])cc1F)C(=O)O. The Morgan fingerprint density at radius 1 is 1.55 bits per heavy atom. The molecule has 0 heterocycles. The summed E-state index contributed by atoms with van der Waals surface area (Å²) in [5, 5.41) is 21.4. The number of hydrogen-bond acceptors (Lipinski definition) is 4. The van der Waals surface area contributed by atoms with Crippen LogP contribution in [0.1, 0.15) is 16.8 Å². The Balaban J connectivity index is 2.94. The molecule has 1 unspecified atom stereocenters. The van der Waals surface area contributed by atoms with Crippen LogP contribution in [0.2, 0.25) is 0 Å². The number of carbonyl (C=O) groups excluding carboxylic acids is 1. The van der Waals surface area contributed by atoms with Crippen LogP contribution in [0.5, 0.6) is 0 Å². The minimum atomic E-state index is -1.29. The molecular weight excluding hydrogens is 271 g/mol. The van der Waals surface area contributed by atoms with Crippen molar-refractivity contribution in [3.8, 4) is 0 Å². The van der Waals surface area contributed by atoms with E-state index in [2.05, 4.69) is 11.9 Å². The van der Waals surface area contributed by atoms with Gasteiger partial charge < -0.3 is 10.4 Å².